The Bertz CT molecular complexity index is 801. The molecule has 1 saturated carbocycles. The summed E-state index contributed by atoms with van der Waals surface area (Å²) in [4.78, 5) is 14.7. The van der Waals surface area contributed by atoms with E-state index in [1.165, 1.54) is 0 Å². The summed E-state index contributed by atoms with van der Waals surface area (Å²) in [6.07, 6.45) is 0.871. The third-order valence-corrected chi connectivity index (χ3v) is 5.38. The number of carbonyl (C=O) groups excluding carboxylic acids is 1. The average molecular weight is 358 g/mol. The number of nitrogens with zero attached hydrogens (tertiary/aromatic N) is 1. The topological polar surface area (TPSA) is 49.8 Å². The number of carbonyl (C=O) groups is 1. The van der Waals surface area contributed by atoms with Gasteiger partial charge in [0.25, 0.3) is 0 Å². The van der Waals surface area contributed by atoms with E-state index in [0.29, 0.717) is 37.6 Å². The minimum atomic E-state index is -0.953. The maximum atomic E-state index is 12.9. The van der Waals surface area contributed by atoms with E-state index < -0.39 is 5.60 Å². The molecule has 1 aliphatic heterocycles. The predicted molar refractivity (Wildman–Crippen MR) is 95.4 cm³/mol. The van der Waals surface area contributed by atoms with Crippen molar-refractivity contribution in [2.45, 2.75) is 25.0 Å². The molecule has 0 saturated heterocycles. The highest BCUT2D eigenvalue weighted by molar-refractivity contribution is 6.30. The van der Waals surface area contributed by atoms with Gasteiger partial charge in [-0.2, -0.15) is 0 Å². The van der Waals surface area contributed by atoms with E-state index in [0.717, 1.165) is 16.9 Å². The standard InChI is InChI=1S/C20H20ClNO3/c21-17-6-3-5-16(10-17)20(24)11-15(12-20)19(23)22-8-9-25-18-7-2-1-4-14(18)13-22/h1-7,10,15,24H,8-9,11-13H2. The number of hydrogen-bond acceptors (Lipinski definition) is 3. The van der Waals surface area contributed by atoms with E-state index in [9.17, 15) is 9.90 Å². The van der Waals surface area contributed by atoms with Gasteiger partial charge < -0.3 is 14.7 Å². The highest BCUT2D eigenvalue weighted by Gasteiger charge is 2.48. The van der Waals surface area contributed by atoms with Crippen molar-refractivity contribution in [3.05, 3.63) is 64.7 Å². The Labute approximate surface area is 152 Å². The molecule has 1 heterocycles. The molecule has 2 aromatic rings. The fourth-order valence-corrected chi connectivity index (χ4v) is 3.91. The van der Waals surface area contributed by atoms with Gasteiger partial charge in [0.15, 0.2) is 0 Å². The van der Waals surface area contributed by atoms with E-state index in [4.69, 9.17) is 16.3 Å². The summed E-state index contributed by atoms with van der Waals surface area (Å²) < 4.78 is 5.73. The van der Waals surface area contributed by atoms with Crippen LogP contribution in [0.3, 0.4) is 0 Å². The summed E-state index contributed by atoms with van der Waals surface area (Å²) in [7, 11) is 0. The minimum absolute atomic E-state index is 0.0898. The molecule has 0 radical (unpaired) electrons. The number of aliphatic hydroxyl groups is 1. The smallest absolute Gasteiger partial charge is 0.226 e. The third-order valence-electron chi connectivity index (χ3n) is 5.14. The van der Waals surface area contributed by atoms with E-state index in [1.54, 1.807) is 12.1 Å². The van der Waals surface area contributed by atoms with Crippen molar-refractivity contribution in [2.24, 2.45) is 5.92 Å². The molecular weight excluding hydrogens is 338 g/mol. The Balaban J connectivity index is 1.45. The lowest BCUT2D eigenvalue weighted by Crippen LogP contribution is -2.49. The number of benzene rings is 2. The number of rotatable bonds is 2. The summed E-state index contributed by atoms with van der Waals surface area (Å²) in [5.74, 6) is 0.781. The molecule has 5 heteroatoms. The van der Waals surface area contributed by atoms with Gasteiger partial charge in [-0.05, 0) is 36.6 Å². The minimum Gasteiger partial charge on any atom is -0.491 e. The summed E-state index contributed by atoms with van der Waals surface area (Å²) in [5.41, 5.74) is 0.859. The number of ether oxygens (including phenoxy) is 1. The number of para-hydroxylation sites is 1. The Hall–Kier alpha value is -2.04. The molecule has 0 aromatic heterocycles. The molecule has 4 rings (SSSR count). The highest BCUT2D eigenvalue weighted by Crippen LogP contribution is 2.47. The normalized spacial score (nSPS) is 25.4. The van der Waals surface area contributed by atoms with Gasteiger partial charge in [0.1, 0.15) is 12.4 Å². The van der Waals surface area contributed by atoms with Crippen LogP contribution in [0, 0.1) is 5.92 Å². The number of amides is 1. The molecule has 2 aliphatic rings. The molecular formula is C20H20ClNO3. The van der Waals surface area contributed by atoms with Gasteiger partial charge in [0, 0.05) is 23.0 Å². The van der Waals surface area contributed by atoms with Crippen molar-refractivity contribution in [1.82, 2.24) is 4.90 Å². The molecule has 1 N–H and O–H groups in total. The van der Waals surface area contributed by atoms with Crippen LogP contribution in [0.25, 0.3) is 0 Å². The number of hydrogen-bond donors (Lipinski definition) is 1. The van der Waals surface area contributed by atoms with Crippen LogP contribution in [0.1, 0.15) is 24.0 Å². The van der Waals surface area contributed by atoms with Gasteiger partial charge in [-0.3, -0.25) is 4.79 Å². The van der Waals surface area contributed by atoms with Gasteiger partial charge in [0.2, 0.25) is 5.91 Å². The summed E-state index contributed by atoms with van der Waals surface area (Å²) in [5, 5.41) is 11.4. The van der Waals surface area contributed by atoms with Crippen molar-refractivity contribution < 1.29 is 14.6 Å². The van der Waals surface area contributed by atoms with E-state index >= 15 is 0 Å². The maximum absolute atomic E-state index is 12.9. The monoisotopic (exact) mass is 357 g/mol. The zero-order valence-electron chi connectivity index (χ0n) is 13.8. The lowest BCUT2D eigenvalue weighted by Gasteiger charge is -2.44. The molecule has 1 amide bonds. The van der Waals surface area contributed by atoms with Gasteiger partial charge in [0.05, 0.1) is 12.1 Å². The number of halogens is 1. The molecule has 0 atom stereocenters. The first-order chi connectivity index (χ1) is 12.0. The third kappa shape index (κ3) is 3.12. The molecule has 0 spiro atoms. The second-order valence-electron chi connectivity index (χ2n) is 6.86. The zero-order chi connectivity index (χ0) is 17.4. The summed E-state index contributed by atoms with van der Waals surface area (Å²) >= 11 is 6.02. The average Bonchev–Trinajstić information content (AvgIpc) is 2.80. The summed E-state index contributed by atoms with van der Waals surface area (Å²) in [6, 6.07) is 15.1. The molecule has 4 nitrogen and oxygen atoms in total. The predicted octanol–water partition coefficient (Wildman–Crippen LogP) is 3.36. The van der Waals surface area contributed by atoms with Crippen molar-refractivity contribution >= 4 is 17.5 Å². The van der Waals surface area contributed by atoms with Crippen LogP contribution in [0.4, 0.5) is 0 Å². The lowest BCUT2D eigenvalue weighted by molar-refractivity contribution is -0.153. The largest absolute Gasteiger partial charge is 0.491 e. The summed E-state index contributed by atoms with van der Waals surface area (Å²) in [6.45, 7) is 1.62. The van der Waals surface area contributed by atoms with Crippen LogP contribution in [0.2, 0.25) is 5.02 Å². The molecule has 1 aliphatic carbocycles. The number of fused-ring (bicyclic) bond motifs is 1. The van der Waals surface area contributed by atoms with E-state index in [1.807, 2.05) is 41.3 Å². The van der Waals surface area contributed by atoms with Gasteiger partial charge in [-0.1, -0.05) is 41.9 Å². The molecule has 2 aromatic carbocycles. The van der Waals surface area contributed by atoms with E-state index in [2.05, 4.69) is 0 Å². The highest BCUT2D eigenvalue weighted by atomic mass is 35.5. The first kappa shape index (κ1) is 16.4. The molecule has 1 fully saturated rings. The lowest BCUT2D eigenvalue weighted by atomic mass is 9.67. The van der Waals surface area contributed by atoms with Crippen LogP contribution in [0.15, 0.2) is 48.5 Å². The van der Waals surface area contributed by atoms with Crippen LogP contribution in [-0.2, 0) is 16.9 Å². The van der Waals surface area contributed by atoms with Gasteiger partial charge in [-0.25, -0.2) is 0 Å². The Kier molecular flexibility index (Phi) is 4.18. The van der Waals surface area contributed by atoms with Crippen LogP contribution in [0.5, 0.6) is 5.75 Å². The van der Waals surface area contributed by atoms with E-state index in [-0.39, 0.29) is 11.8 Å². The Morgan fingerprint density at radius 1 is 1.20 bits per heavy atom. The molecule has 0 bridgehead atoms. The fraction of sp³-hybridized carbons (Fsp3) is 0.350. The van der Waals surface area contributed by atoms with Crippen LogP contribution in [-0.4, -0.2) is 29.1 Å². The second kappa shape index (κ2) is 6.36. The van der Waals surface area contributed by atoms with Crippen molar-refractivity contribution in [2.75, 3.05) is 13.2 Å². The Morgan fingerprint density at radius 3 is 2.80 bits per heavy atom. The maximum Gasteiger partial charge on any atom is 0.226 e. The SMILES string of the molecule is O=C(C1CC(O)(c2cccc(Cl)c2)C1)N1CCOc2ccccc2C1. The van der Waals surface area contributed by atoms with Gasteiger partial charge >= 0.3 is 0 Å². The van der Waals surface area contributed by atoms with Gasteiger partial charge in [-0.15, -0.1) is 0 Å². The zero-order valence-corrected chi connectivity index (χ0v) is 14.6. The van der Waals surface area contributed by atoms with Crippen molar-refractivity contribution in [1.29, 1.82) is 0 Å². The first-order valence-corrected chi connectivity index (χ1v) is 8.91. The van der Waals surface area contributed by atoms with Crippen molar-refractivity contribution in [3.8, 4) is 5.75 Å². The van der Waals surface area contributed by atoms with Crippen LogP contribution >= 0.6 is 11.6 Å². The van der Waals surface area contributed by atoms with Crippen LogP contribution < -0.4 is 4.74 Å². The quantitative estimate of drug-likeness (QED) is 0.896. The first-order valence-electron chi connectivity index (χ1n) is 8.53. The van der Waals surface area contributed by atoms with Crippen molar-refractivity contribution in [3.63, 3.8) is 0 Å². The fourth-order valence-electron chi connectivity index (χ4n) is 3.72. The molecule has 0 unspecified atom stereocenters. The molecule has 130 valence electrons. The Morgan fingerprint density at radius 2 is 2.00 bits per heavy atom. The second-order valence-corrected chi connectivity index (χ2v) is 7.30. The molecule has 25 heavy (non-hydrogen) atoms.